The number of thiophene rings is 1. The molecule has 0 saturated carbocycles. The SMILES string of the molecule is CC1(C)CCC(=O)N(Cc2sccc2C#CCN)CC1. The van der Waals surface area contributed by atoms with Gasteiger partial charge < -0.3 is 10.6 Å². The van der Waals surface area contributed by atoms with Gasteiger partial charge in [0.25, 0.3) is 0 Å². The van der Waals surface area contributed by atoms with Crippen molar-refractivity contribution in [3.63, 3.8) is 0 Å². The normalized spacial score (nSPS) is 18.4. The fraction of sp³-hybridized carbons (Fsp3) is 0.562. The summed E-state index contributed by atoms with van der Waals surface area (Å²) in [6, 6.07) is 2.01. The van der Waals surface area contributed by atoms with Crippen LogP contribution in [0.25, 0.3) is 0 Å². The lowest BCUT2D eigenvalue weighted by Gasteiger charge is -2.23. The molecular formula is C16H22N2OS. The zero-order valence-corrected chi connectivity index (χ0v) is 13.1. The summed E-state index contributed by atoms with van der Waals surface area (Å²) in [7, 11) is 0. The molecule has 0 spiro atoms. The summed E-state index contributed by atoms with van der Waals surface area (Å²) in [5, 5.41) is 2.03. The summed E-state index contributed by atoms with van der Waals surface area (Å²) in [4.78, 5) is 15.4. The first-order valence-corrected chi connectivity index (χ1v) is 7.93. The van der Waals surface area contributed by atoms with Crippen LogP contribution in [0.4, 0.5) is 0 Å². The molecule has 3 nitrogen and oxygen atoms in total. The van der Waals surface area contributed by atoms with Gasteiger partial charge in [-0.25, -0.2) is 0 Å². The Labute approximate surface area is 125 Å². The van der Waals surface area contributed by atoms with Crippen molar-refractivity contribution >= 4 is 17.2 Å². The number of hydrogen-bond acceptors (Lipinski definition) is 3. The van der Waals surface area contributed by atoms with Crippen LogP contribution in [0.3, 0.4) is 0 Å². The highest BCUT2D eigenvalue weighted by Gasteiger charge is 2.27. The number of carbonyl (C=O) groups is 1. The molecule has 0 radical (unpaired) electrons. The lowest BCUT2D eigenvalue weighted by Crippen LogP contribution is -2.29. The number of likely N-dealkylation sites (tertiary alicyclic amines) is 1. The minimum absolute atomic E-state index is 0.265. The van der Waals surface area contributed by atoms with Crippen LogP contribution in [0.5, 0.6) is 0 Å². The number of nitrogens with two attached hydrogens (primary N) is 1. The second-order valence-electron chi connectivity index (χ2n) is 5.99. The van der Waals surface area contributed by atoms with Crippen LogP contribution in [0.2, 0.25) is 0 Å². The largest absolute Gasteiger partial charge is 0.337 e. The van der Waals surface area contributed by atoms with E-state index in [1.54, 1.807) is 11.3 Å². The Morgan fingerprint density at radius 2 is 2.25 bits per heavy atom. The van der Waals surface area contributed by atoms with E-state index in [0.29, 0.717) is 19.5 Å². The molecule has 1 saturated heterocycles. The molecule has 0 bridgehead atoms. The fourth-order valence-corrected chi connectivity index (χ4v) is 3.20. The zero-order valence-electron chi connectivity index (χ0n) is 12.2. The standard InChI is InChI=1S/C16H22N2OS/c1-16(2)7-5-15(19)18(10-8-16)12-14-13(4-3-9-17)6-11-20-14/h6,11H,5,7-10,12,17H2,1-2H3. The molecule has 1 aliphatic rings. The molecule has 108 valence electrons. The Morgan fingerprint density at radius 1 is 1.45 bits per heavy atom. The van der Waals surface area contributed by atoms with Crippen molar-refractivity contribution in [3.05, 3.63) is 21.9 Å². The Balaban J connectivity index is 2.09. The predicted octanol–water partition coefficient (Wildman–Crippen LogP) is 2.60. The topological polar surface area (TPSA) is 46.3 Å². The van der Waals surface area contributed by atoms with E-state index in [9.17, 15) is 4.79 Å². The molecule has 20 heavy (non-hydrogen) atoms. The third-order valence-electron chi connectivity index (χ3n) is 3.83. The number of amides is 1. The molecule has 1 aliphatic heterocycles. The molecule has 2 rings (SSSR count). The fourth-order valence-electron chi connectivity index (χ4n) is 2.35. The van der Waals surface area contributed by atoms with Crippen LogP contribution in [-0.4, -0.2) is 23.9 Å². The molecule has 1 aromatic heterocycles. The minimum Gasteiger partial charge on any atom is -0.337 e. The van der Waals surface area contributed by atoms with Gasteiger partial charge >= 0.3 is 0 Å². The second kappa shape index (κ2) is 6.43. The number of rotatable bonds is 2. The highest BCUT2D eigenvalue weighted by atomic mass is 32.1. The van der Waals surface area contributed by atoms with Crippen LogP contribution in [0.1, 0.15) is 43.6 Å². The highest BCUT2D eigenvalue weighted by molar-refractivity contribution is 7.10. The molecule has 0 atom stereocenters. The van der Waals surface area contributed by atoms with Gasteiger partial charge in [0.15, 0.2) is 0 Å². The summed E-state index contributed by atoms with van der Waals surface area (Å²) in [5.74, 6) is 6.24. The lowest BCUT2D eigenvalue weighted by molar-refractivity contribution is -0.131. The van der Waals surface area contributed by atoms with Gasteiger partial charge in [0, 0.05) is 23.4 Å². The summed E-state index contributed by atoms with van der Waals surface area (Å²) in [6.07, 6.45) is 2.70. The van der Waals surface area contributed by atoms with E-state index >= 15 is 0 Å². The molecule has 2 heterocycles. The van der Waals surface area contributed by atoms with Crippen molar-refractivity contribution in [1.82, 2.24) is 4.90 Å². The maximum atomic E-state index is 12.2. The Kier molecular flexibility index (Phi) is 4.85. The smallest absolute Gasteiger partial charge is 0.222 e. The summed E-state index contributed by atoms with van der Waals surface area (Å²) >= 11 is 1.67. The van der Waals surface area contributed by atoms with E-state index in [2.05, 4.69) is 25.7 Å². The average Bonchev–Trinajstić information content (AvgIpc) is 2.80. The van der Waals surface area contributed by atoms with Crippen molar-refractivity contribution in [2.75, 3.05) is 13.1 Å². The molecule has 2 N–H and O–H groups in total. The second-order valence-corrected chi connectivity index (χ2v) is 6.99. The molecular weight excluding hydrogens is 268 g/mol. The van der Waals surface area contributed by atoms with E-state index in [1.807, 2.05) is 16.3 Å². The molecule has 1 fully saturated rings. The zero-order chi connectivity index (χ0) is 14.6. The van der Waals surface area contributed by atoms with Crippen molar-refractivity contribution in [2.24, 2.45) is 11.1 Å². The summed E-state index contributed by atoms with van der Waals surface area (Å²) in [6.45, 7) is 6.38. The molecule has 0 aromatic carbocycles. The Bertz CT molecular complexity index is 536. The first-order chi connectivity index (χ1) is 9.52. The van der Waals surface area contributed by atoms with Crippen molar-refractivity contribution < 1.29 is 4.79 Å². The molecule has 1 amide bonds. The van der Waals surface area contributed by atoms with Gasteiger partial charge in [-0.05, 0) is 29.7 Å². The lowest BCUT2D eigenvalue weighted by atomic mass is 9.85. The van der Waals surface area contributed by atoms with Gasteiger partial charge in [-0.2, -0.15) is 0 Å². The Morgan fingerprint density at radius 3 is 3.00 bits per heavy atom. The number of hydrogen-bond donors (Lipinski definition) is 1. The van der Waals surface area contributed by atoms with Crippen LogP contribution < -0.4 is 5.73 Å². The van der Waals surface area contributed by atoms with Gasteiger partial charge in [0.2, 0.25) is 5.91 Å². The monoisotopic (exact) mass is 290 g/mol. The van der Waals surface area contributed by atoms with Gasteiger partial charge in [-0.1, -0.05) is 25.7 Å². The maximum Gasteiger partial charge on any atom is 0.222 e. The first-order valence-electron chi connectivity index (χ1n) is 7.05. The van der Waals surface area contributed by atoms with Crippen molar-refractivity contribution in [1.29, 1.82) is 0 Å². The Hall–Kier alpha value is -1.31. The van der Waals surface area contributed by atoms with Crippen molar-refractivity contribution in [3.8, 4) is 11.8 Å². The van der Waals surface area contributed by atoms with E-state index in [-0.39, 0.29) is 11.3 Å². The average molecular weight is 290 g/mol. The highest BCUT2D eigenvalue weighted by Crippen LogP contribution is 2.31. The van der Waals surface area contributed by atoms with Crippen LogP contribution >= 0.6 is 11.3 Å². The first kappa shape index (κ1) is 15.1. The molecule has 0 unspecified atom stereocenters. The minimum atomic E-state index is 0.265. The van der Waals surface area contributed by atoms with E-state index in [1.165, 1.54) is 4.88 Å². The van der Waals surface area contributed by atoms with Gasteiger partial charge in [0.1, 0.15) is 0 Å². The van der Waals surface area contributed by atoms with Crippen LogP contribution in [0.15, 0.2) is 11.4 Å². The number of carbonyl (C=O) groups excluding carboxylic acids is 1. The van der Waals surface area contributed by atoms with E-state index < -0.39 is 0 Å². The quantitative estimate of drug-likeness (QED) is 0.851. The van der Waals surface area contributed by atoms with Crippen molar-refractivity contribution in [2.45, 2.75) is 39.7 Å². The molecule has 0 aliphatic carbocycles. The van der Waals surface area contributed by atoms with E-state index in [4.69, 9.17) is 5.73 Å². The molecule has 1 aromatic rings. The summed E-state index contributed by atoms with van der Waals surface area (Å²) < 4.78 is 0. The van der Waals surface area contributed by atoms with Crippen LogP contribution in [0, 0.1) is 17.3 Å². The number of nitrogens with zero attached hydrogens (tertiary/aromatic N) is 1. The van der Waals surface area contributed by atoms with Gasteiger partial charge in [-0.3, -0.25) is 4.79 Å². The third-order valence-corrected chi connectivity index (χ3v) is 4.74. The molecule has 4 heteroatoms. The maximum absolute atomic E-state index is 12.2. The van der Waals surface area contributed by atoms with Crippen LogP contribution in [-0.2, 0) is 11.3 Å². The third kappa shape index (κ3) is 3.84. The van der Waals surface area contributed by atoms with Gasteiger partial charge in [-0.15, -0.1) is 11.3 Å². The van der Waals surface area contributed by atoms with E-state index in [0.717, 1.165) is 24.9 Å². The summed E-state index contributed by atoms with van der Waals surface area (Å²) in [5.41, 5.74) is 6.69. The van der Waals surface area contributed by atoms with Gasteiger partial charge in [0.05, 0.1) is 13.1 Å². The predicted molar refractivity (Wildman–Crippen MR) is 83.3 cm³/mol.